The molecule has 0 spiro atoms. The molecule has 3 N–H and O–H groups in total. The summed E-state index contributed by atoms with van der Waals surface area (Å²) in [6, 6.07) is 9.91. The summed E-state index contributed by atoms with van der Waals surface area (Å²) < 4.78 is 7.57. The van der Waals surface area contributed by atoms with Crippen LogP contribution in [-0.4, -0.2) is 33.9 Å². The van der Waals surface area contributed by atoms with Gasteiger partial charge >= 0.3 is 0 Å². The summed E-state index contributed by atoms with van der Waals surface area (Å²) in [6.07, 6.45) is 3.84. The lowest BCUT2D eigenvalue weighted by Crippen LogP contribution is -2.14. The van der Waals surface area contributed by atoms with Gasteiger partial charge in [-0.15, -0.1) is 0 Å². The normalized spacial score (nSPS) is 11.5. The van der Waals surface area contributed by atoms with Gasteiger partial charge in [0.2, 0.25) is 5.95 Å². The van der Waals surface area contributed by atoms with E-state index < -0.39 is 0 Å². The second-order valence-corrected chi connectivity index (χ2v) is 6.84. The van der Waals surface area contributed by atoms with Crippen LogP contribution in [-0.2, 0) is 6.54 Å². The van der Waals surface area contributed by atoms with Crippen molar-refractivity contribution in [1.29, 1.82) is 0 Å². The molecule has 28 heavy (non-hydrogen) atoms. The summed E-state index contributed by atoms with van der Waals surface area (Å²) in [5.74, 6) is 1.78. The first kappa shape index (κ1) is 19.4. The monoisotopic (exact) mass is 378 g/mol. The standard InChI is InChI=1S/C21H26N6O/c1-14(2)11-23-15(3)12-24-20-19-17(25-21(22)26-20)9-10-27(19)13-16-7-5-6-8-18(16)28-4/h5-11H,12-13H2,1-4H3,(H3,22,24,25,26). The van der Waals surface area contributed by atoms with Crippen LogP contribution < -0.4 is 15.8 Å². The van der Waals surface area contributed by atoms with Crippen LogP contribution >= 0.6 is 0 Å². The van der Waals surface area contributed by atoms with E-state index in [1.54, 1.807) is 7.11 Å². The molecular formula is C21H26N6O. The van der Waals surface area contributed by atoms with Gasteiger partial charge in [-0.3, -0.25) is 4.99 Å². The molecule has 0 aliphatic heterocycles. The molecule has 7 heteroatoms. The average molecular weight is 378 g/mol. The van der Waals surface area contributed by atoms with Crippen molar-refractivity contribution < 1.29 is 4.74 Å². The van der Waals surface area contributed by atoms with E-state index in [2.05, 4.69) is 24.8 Å². The van der Waals surface area contributed by atoms with Crippen LogP contribution in [0.1, 0.15) is 26.3 Å². The summed E-state index contributed by atoms with van der Waals surface area (Å²) in [5, 5.41) is 3.35. The SMILES string of the molecule is COc1ccccc1Cn1ccc2nc(N)nc(NCC(C)=NC=C(C)C)c21. The number of nitrogens with one attached hydrogen (secondary N) is 1. The number of hydrogen-bond acceptors (Lipinski definition) is 6. The Kier molecular flexibility index (Phi) is 5.93. The third-order valence-corrected chi connectivity index (χ3v) is 4.22. The summed E-state index contributed by atoms with van der Waals surface area (Å²) >= 11 is 0. The zero-order chi connectivity index (χ0) is 20.1. The number of methoxy groups -OCH3 is 1. The first-order valence-electron chi connectivity index (χ1n) is 9.12. The summed E-state index contributed by atoms with van der Waals surface area (Å²) in [5.41, 5.74) is 10.8. The van der Waals surface area contributed by atoms with Crippen LogP contribution in [0.3, 0.4) is 0 Å². The lowest BCUT2D eigenvalue weighted by molar-refractivity contribution is 0.408. The minimum absolute atomic E-state index is 0.240. The van der Waals surface area contributed by atoms with Crippen molar-refractivity contribution in [1.82, 2.24) is 14.5 Å². The number of aliphatic imine (C=N–C) groups is 1. The molecule has 3 rings (SSSR count). The third kappa shape index (κ3) is 4.49. The molecule has 1 aromatic carbocycles. The van der Waals surface area contributed by atoms with Crippen molar-refractivity contribution in [3.63, 3.8) is 0 Å². The second kappa shape index (κ2) is 8.56. The molecule has 0 atom stereocenters. The molecule has 0 bridgehead atoms. The van der Waals surface area contributed by atoms with Gasteiger partial charge in [-0.1, -0.05) is 23.8 Å². The highest BCUT2D eigenvalue weighted by molar-refractivity contribution is 5.91. The maximum Gasteiger partial charge on any atom is 0.222 e. The summed E-state index contributed by atoms with van der Waals surface area (Å²) in [4.78, 5) is 13.2. The fourth-order valence-electron chi connectivity index (χ4n) is 2.89. The fraction of sp³-hybridized carbons (Fsp3) is 0.286. The van der Waals surface area contributed by atoms with Gasteiger partial charge in [0.1, 0.15) is 11.3 Å². The van der Waals surface area contributed by atoms with E-state index in [0.29, 0.717) is 18.9 Å². The quantitative estimate of drug-likeness (QED) is 0.609. The van der Waals surface area contributed by atoms with Gasteiger partial charge in [0, 0.05) is 23.7 Å². The number of rotatable bonds is 7. The molecule has 3 aromatic rings. The number of hydrogen-bond donors (Lipinski definition) is 2. The lowest BCUT2D eigenvalue weighted by atomic mass is 10.2. The van der Waals surface area contributed by atoms with Crippen molar-refractivity contribution in [2.24, 2.45) is 4.99 Å². The highest BCUT2D eigenvalue weighted by Crippen LogP contribution is 2.26. The molecular weight excluding hydrogens is 352 g/mol. The number of anilines is 2. The van der Waals surface area contributed by atoms with Gasteiger partial charge < -0.3 is 20.4 Å². The van der Waals surface area contributed by atoms with Crippen LogP contribution in [0.4, 0.5) is 11.8 Å². The van der Waals surface area contributed by atoms with E-state index in [1.807, 2.05) is 63.5 Å². The Labute approximate surface area is 165 Å². The molecule has 0 radical (unpaired) electrons. The minimum Gasteiger partial charge on any atom is -0.496 e. The number of nitrogens with two attached hydrogens (primary N) is 1. The molecule has 7 nitrogen and oxygen atoms in total. The minimum atomic E-state index is 0.240. The van der Waals surface area contributed by atoms with Gasteiger partial charge in [-0.05, 0) is 32.9 Å². The van der Waals surface area contributed by atoms with E-state index in [9.17, 15) is 0 Å². The van der Waals surface area contributed by atoms with E-state index in [0.717, 1.165) is 33.6 Å². The zero-order valence-electron chi connectivity index (χ0n) is 16.7. The first-order valence-corrected chi connectivity index (χ1v) is 9.12. The van der Waals surface area contributed by atoms with Crippen molar-refractivity contribution in [2.45, 2.75) is 27.3 Å². The van der Waals surface area contributed by atoms with Gasteiger partial charge in [0.15, 0.2) is 5.82 Å². The van der Waals surface area contributed by atoms with Crippen LogP contribution in [0.15, 0.2) is 53.3 Å². The molecule has 146 valence electrons. The molecule has 0 aliphatic rings. The molecule has 0 fully saturated rings. The lowest BCUT2D eigenvalue weighted by Gasteiger charge is -2.13. The van der Waals surface area contributed by atoms with Crippen LogP contribution in [0.25, 0.3) is 11.0 Å². The van der Waals surface area contributed by atoms with Crippen molar-refractivity contribution in [2.75, 3.05) is 24.7 Å². The zero-order valence-corrected chi connectivity index (χ0v) is 16.7. The van der Waals surface area contributed by atoms with Gasteiger partial charge in [-0.25, -0.2) is 4.98 Å². The smallest absolute Gasteiger partial charge is 0.222 e. The second-order valence-electron chi connectivity index (χ2n) is 6.84. The molecule has 0 aliphatic carbocycles. The van der Waals surface area contributed by atoms with E-state index >= 15 is 0 Å². The molecule has 0 saturated heterocycles. The fourth-order valence-corrected chi connectivity index (χ4v) is 2.89. The van der Waals surface area contributed by atoms with Crippen LogP contribution in [0.2, 0.25) is 0 Å². The highest BCUT2D eigenvalue weighted by Gasteiger charge is 2.13. The number of ether oxygens (including phenoxy) is 1. The Morgan fingerprint density at radius 2 is 2.00 bits per heavy atom. The Morgan fingerprint density at radius 3 is 2.75 bits per heavy atom. The summed E-state index contributed by atoms with van der Waals surface area (Å²) in [6.45, 7) is 7.21. The number of para-hydroxylation sites is 1. The maximum absolute atomic E-state index is 5.91. The van der Waals surface area contributed by atoms with E-state index in [-0.39, 0.29) is 5.95 Å². The Balaban J connectivity index is 1.93. The van der Waals surface area contributed by atoms with Crippen LogP contribution in [0.5, 0.6) is 5.75 Å². The molecule has 0 saturated carbocycles. The van der Waals surface area contributed by atoms with Gasteiger partial charge in [-0.2, -0.15) is 4.98 Å². The number of nitrogens with zero attached hydrogens (tertiary/aromatic N) is 4. The van der Waals surface area contributed by atoms with Crippen molar-refractivity contribution in [3.8, 4) is 5.75 Å². The maximum atomic E-state index is 5.91. The molecule has 0 unspecified atom stereocenters. The average Bonchev–Trinajstić information content (AvgIpc) is 3.07. The van der Waals surface area contributed by atoms with E-state index in [1.165, 1.54) is 0 Å². The Morgan fingerprint density at radius 1 is 1.21 bits per heavy atom. The molecule has 0 amide bonds. The predicted octanol–water partition coefficient (Wildman–Crippen LogP) is 3.87. The number of nitrogen functional groups attached to an aromatic ring is 1. The Bertz CT molecular complexity index is 1030. The highest BCUT2D eigenvalue weighted by atomic mass is 16.5. The number of aromatic nitrogens is 3. The first-order chi connectivity index (χ1) is 13.5. The third-order valence-electron chi connectivity index (χ3n) is 4.22. The largest absolute Gasteiger partial charge is 0.496 e. The topological polar surface area (TPSA) is 90.4 Å². The number of benzene rings is 1. The predicted molar refractivity (Wildman–Crippen MR) is 115 cm³/mol. The van der Waals surface area contributed by atoms with E-state index in [4.69, 9.17) is 10.5 Å². The molecule has 2 heterocycles. The number of allylic oxidation sites excluding steroid dienone is 1. The van der Waals surface area contributed by atoms with Gasteiger partial charge in [0.05, 0.1) is 25.7 Å². The van der Waals surface area contributed by atoms with Crippen LogP contribution in [0, 0.1) is 0 Å². The number of fused-ring (bicyclic) bond motifs is 1. The summed E-state index contributed by atoms with van der Waals surface area (Å²) in [7, 11) is 1.68. The Hall–Kier alpha value is -3.35. The van der Waals surface area contributed by atoms with Crippen molar-refractivity contribution >= 4 is 28.5 Å². The molecule has 2 aromatic heterocycles. The van der Waals surface area contributed by atoms with Crippen molar-refractivity contribution in [3.05, 3.63) is 53.9 Å². The van der Waals surface area contributed by atoms with Gasteiger partial charge in [0.25, 0.3) is 0 Å².